The van der Waals surface area contributed by atoms with E-state index in [4.69, 9.17) is 51.4 Å². The lowest BCUT2D eigenvalue weighted by Crippen LogP contribution is -2.60. The second kappa shape index (κ2) is 31.2. The van der Waals surface area contributed by atoms with Gasteiger partial charge in [0.15, 0.2) is 30.2 Å². The SMILES string of the molecule is CCCCCCCC(=O)OC[C@@H](O)[C@@H](OC)C1OC(C(=O)O)=CC(N=C(N)N)C1NC(C)=O.CCCCCCCC(=O)O[C@H](CO)[C@@H](OC)C1OC(C(=O)O)=CC(N=C(N)N)C1NC(C)=O. The Morgan fingerprint density at radius 3 is 1.45 bits per heavy atom. The highest BCUT2D eigenvalue weighted by molar-refractivity contribution is 5.86. The Morgan fingerprint density at radius 1 is 0.682 bits per heavy atom. The Morgan fingerprint density at radius 2 is 1.09 bits per heavy atom. The molecule has 6 unspecified atom stereocenters. The van der Waals surface area contributed by atoms with Crippen LogP contribution >= 0.6 is 0 Å². The number of nitrogens with zero attached hydrogens (tertiary/aromatic N) is 2. The van der Waals surface area contributed by atoms with E-state index >= 15 is 0 Å². The molecule has 0 aromatic carbocycles. The molecule has 0 saturated heterocycles. The van der Waals surface area contributed by atoms with Crippen molar-refractivity contribution in [1.82, 2.24) is 10.6 Å². The summed E-state index contributed by atoms with van der Waals surface area (Å²) in [6, 6.07) is -3.95. The summed E-state index contributed by atoms with van der Waals surface area (Å²) < 4.78 is 32.5. The van der Waals surface area contributed by atoms with E-state index in [2.05, 4.69) is 34.5 Å². The van der Waals surface area contributed by atoms with Crippen molar-refractivity contribution >= 4 is 47.6 Å². The number of amides is 2. The molecule has 0 spiro atoms. The van der Waals surface area contributed by atoms with E-state index in [9.17, 15) is 49.2 Å². The fourth-order valence-electron chi connectivity index (χ4n) is 7.13. The number of ether oxygens (including phenoxy) is 6. The lowest BCUT2D eigenvalue weighted by atomic mass is 9.92. The minimum Gasteiger partial charge on any atom is -0.478 e. The molecule has 24 nitrogen and oxygen atoms in total. The van der Waals surface area contributed by atoms with E-state index in [0.29, 0.717) is 12.8 Å². The van der Waals surface area contributed by atoms with E-state index in [1.54, 1.807) is 0 Å². The number of aliphatic hydroxyl groups is 2. The van der Waals surface area contributed by atoms with E-state index in [1.165, 1.54) is 28.1 Å². The van der Waals surface area contributed by atoms with Crippen LogP contribution in [0.3, 0.4) is 0 Å². The van der Waals surface area contributed by atoms with Gasteiger partial charge in [0, 0.05) is 40.9 Å². The first-order valence-electron chi connectivity index (χ1n) is 21.9. The lowest BCUT2D eigenvalue weighted by Gasteiger charge is -2.40. The van der Waals surface area contributed by atoms with Crippen LogP contribution in [-0.2, 0) is 57.2 Å². The molecule has 2 heterocycles. The summed E-state index contributed by atoms with van der Waals surface area (Å²) in [5, 5.41) is 44.7. The third kappa shape index (κ3) is 21.1. The number of nitrogens with two attached hydrogens (primary N) is 4. The number of aliphatic imine (C=N–C) groups is 2. The molecular weight excluding hydrogens is 873 g/mol. The Hall–Kier alpha value is -5.72. The van der Waals surface area contributed by atoms with Gasteiger partial charge in [0.2, 0.25) is 23.3 Å². The summed E-state index contributed by atoms with van der Waals surface area (Å²) in [4.78, 5) is 79.1. The van der Waals surface area contributed by atoms with Crippen LogP contribution in [0.4, 0.5) is 0 Å². The number of hydrogen-bond acceptors (Lipinski definition) is 16. The van der Waals surface area contributed by atoms with Crippen molar-refractivity contribution in [3.05, 3.63) is 23.7 Å². The topological polar surface area (TPSA) is 392 Å². The van der Waals surface area contributed by atoms with Crippen molar-refractivity contribution in [2.24, 2.45) is 32.9 Å². The Kier molecular flexibility index (Phi) is 27.6. The van der Waals surface area contributed by atoms with Crippen LogP contribution in [0.1, 0.15) is 105 Å². The van der Waals surface area contributed by atoms with E-state index in [-0.39, 0.29) is 24.8 Å². The predicted octanol–water partition coefficient (Wildman–Crippen LogP) is -0.440. The van der Waals surface area contributed by atoms with Crippen LogP contribution in [0.15, 0.2) is 33.7 Å². The third-order valence-electron chi connectivity index (χ3n) is 10.2. The van der Waals surface area contributed by atoms with Crippen LogP contribution in [0.2, 0.25) is 0 Å². The molecule has 14 N–H and O–H groups in total. The smallest absolute Gasteiger partial charge is 0.370 e. The number of nitrogens with one attached hydrogen (secondary N) is 2. The fraction of sp³-hybridized carbons (Fsp3) is 0.714. The van der Waals surface area contributed by atoms with Crippen LogP contribution in [0.5, 0.6) is 0 Å². The quantitative estimate of drug-likeness (QED) is 0.0206. The number of guanidine groups is 2. The molecule has 0 aromatic heterocycles. The van der Waals surface area contributed by atoms with Crippen LogP contribution in [0.25, 0.3) is 0 Å². The summed E-state index contributed by atoms with van der Waals surface area (Å²) >= 11 is 0. The number of hydrogen-bond donors (Lipinski definition) is 10. The van der Waals surface area contributed by atoms with E-state index < -0.39 is 121 Å². The maximum Gasteiger partial charge on any atom is 0.370 e. The van der Waals surface area contributed by atoms with Gasteiger partial charge in [-0.1, -0.05) is 65.2 Å². The number of aliphatic carboxylic acids is 2. The van der Waals surface area contributed by atoms with Gasteiger partial charge in [0.25, 0.3) is 0 Å². The summed E-state index contributed by atoms with van der Waals surface area (Å²) in [7, 11) is 2.56. The van der Waals surface area contributed by atoms with Crippen LogP contribution < -0.4 is 33.6 Å². The Bertz CT molecular complexity index is 1690. The molecule has 0 saturated carbocycles. The zero-order valence-electron chi connectivity index (χ0n) is 38.7. The number of carbonyl (C=O) groups is 6. The largest absolute Gasteiger partial charge is 0.478 e. The molecule has 0 aromatic rings. The van der Waals surface area contributed by atoms with Gasteiger partial charge in [-0.25, -0.2) is 19.6 Å². The highest BCUT2D eigenvalue weighted by Crippen LogP contribution is 2.28. The fourth-order valence-corrected chi connectivity index (χ4v) is 7.13. The molecule has 376 valence electrons. The zero-order chi connectivity index (χ0) is 49.9. The van der Waals surface area contributed by atoms with Crippen molar-refractivity contribution in [3.8, 4) is 0 Å². The summed E-state index contributed by atoms with van der Waals surface area (Å²) in [6.07, 6.45) is 4.93. The molecule has 0 aliphatic carbocycles. The molecule has 66 heavy (non-hydrogen) atoms. The highest BCUT2D eigenvalue weighted by Gasteiger charge is 2.47. The summed E-state index contributed by atoms with van der Waals surface area (Å²) in [5.41, 5.74) is 21.9. The standard InChI is InChI=1S/2C21H36N4O8/c1-4-5-6-7-8-9-16(28)32-11-14(27)18(31-3)19-17(24-12(2)26)13(25-21(22)23)10-15(33-19)20(29)30;1-4-5-6-7-8-9-16(28)32-15(11-26)18(31-3)19-17(24-12(2)27)13(25-21(22)23)10-14(33-19)20(29)30/h10,13-14,17-19,27H,4-9,11H2,1-3H3,(H,24,26)(H,29,30)(H4,22,23,25);10,13,15,17-19,26H,4-9,11H2,1-3H3,(H,24,27)(H,29,30)(H4,22,23,25)/t13?,14-,17?,18-,19?;13?,15-,17?,18-,19?/m11/s1. The molecule has 10 atom stereocenters. The number of carboxylic acid groups (broad SMARTS) is 2. The molecule has 2 amide bonds. The first kappa shape index (κ1) is 58.3. The number of esters is 2. The molecule has 0 fully saturated rings. The Balaban J connectivity index is 0.000000660. The van der Waals surface area contributed by atoms with Crippen LogP contribution in [-0.4, -0.2) is 156 Å². The molecule has 2 aliphatic heterocycles. The van der Waals surface area contributed by atoms with E-state index in [1.807, 2.05) is 0 Å². The number of aliphatic hydroxyl groups excluding tert-OH is 2. The van der Waals surface area contributed by atoms with Crippen molar-refractivity contribution in [1.29, 1.82) is 0 Å². The molecule has 0 bridgehead atoms. The van der Waals surface area contributed by atoms with Crippen LogP contribution in [0, 0.1) is 0 Å². The van der Waals surface area contributed by atoms with E-state index in [0.717, 1.165) is 63.5 Å². The van der Waals surface area contributed by atoms with Gasteiger partial charge in [0.1, 0.15) is 24.9 Å². The van der Waals surface area contributed by atoms with Gasteiger partial charge >= 0.3 is 23.9 Å². The lowest BCUT2D eigenvalue weighted by molar-refractivity contribution is -0.174. The Labute approximate surface area is 384 Å². The second-order valence-corrected chi connectivity index (χ2v) is 15.6. The monoisotopic (exact) mass is 945 g/mol. The zero-order valence-corrected chi connectivity index (χ0v) is 38.7. The van der Waals surface area contributed by atoms with Crippen molar-refractivity contribution in [3.63, 3.8) is 0 Å². The van der Waals surface area contributed by atoms with Gasteiger partial charge in [-0.15, -0.1) is 0 Å². The summed E-state index contributed by atoms with van der Waals surface area (Å²) in [5.74, 6) is -6.33. The molecule has 0 radical (unpaired) electrons. The number of carbonyl (C=O) groups excluding carboxylic acids is 4. The molecule has 24 heteroatoms. The van der Waals surface area contributed by atoms with Crippen molar-refractivity contribution in [2.75, 3.05) is 27.4 Å². The minimum atomic E-state index is -1.39. The predicted molar refractivity (Wildman–Crippen MR) is 238 cm³/mol. The van der Waals surface area contributed by atoms with Crippen molar-refractivity contribution in [2.45, 2.75) is 166 Å². The normalized spacial score (nSPS) is 21.7. The van der Waals surface area contributed by atoms with Crippen molar-refractivity contribution < 1.29 is 77.6 Å². The first-order chi connectivity index (χ1) is 31.2. The molecule has 2 rings (SSSR count). The average Bonchev–Trinajstić information content (AvgIpc) is 3.24. The number of unbranched alkanes of at least 4 members (excludes halogenated alkanes) is 8. The first-order valence-corrected chi connectivity index (χ1v) is 21.9. The number of rotatable bonds is 28. The third-order valence-corrected chi connectivity index (χ3v) is 10.2. The maximum absolute atomic E-state index is 12.3. The number of methoxy groups -OCH3 is 2. The minimum absolute atomic E-state index is 0.161. The maximum atomic E-state index is 12.3. The van der Waals surface area contributed by atoms with Gasteiger partial charge < -0.3 is 82.4 Å². The van der Waals surface area contributed by atoms with Gasteiger partial charge in [-0.2, -0.15) is 0 Å². The molecule has 2 aliphatic rings. The molecular formula is C42H72N8O16. The summed E-state index contributed by atoms with van der Waals surface area (Å²) in [6.45, 7) is 5.67. The second-order valence-electron chi connectivity index (χ2n) is 15.6. The number of carboxylic acids is 2. The van der Waals surface area contributed by atoms with Gasteiger partial charge in [0.05, 0.1) is 30.8 Å². The highest BCUT2D eigenvalue weighted by atomic mass is 16.6. The average molecular weight is 945 g/mol. The van der Waals surface area contributed by atoms with Gasteiger partial charge in [-0.05, 0) is 25.0 Å². The van der Waals surface area contributed by atoms with Gasteiger partial charge in [-0.3, -0.25) is 19.2 Å².